The summed E-state index contributed by atoms with van der Waals surface area (Å²) in [6, 6.07) is 4.55. The van der Waals surface area contributed by atoms with Gasteiger partial charge >= 0.3 is 6.18 Å². The van der Waals surface area contributed by atoms with Crippen LogP contribution in [-0.2, 0) is 12.6 Å². The van der Waals surface area contributed by atoms with Gasteiger partial charge in [-0.2, -0.15) is 13.2 Å². The molecule has 14 heavy (non-hydrogen) atoms. The highest BCUT2D eigenvalue weighted by atomic mass is 19.4. The average Bonchev–Trinajstić information content (AvgIpc) is 2.02. The summed E-state index contributed by atoms with van der Waals surface area (Å²) in [4.78, 5) is 0. The van der Waals surface area contributed by atoms with Gasteiger partial charge in [-0.1, -0.05) is 12.1 Å². The van der Waals surface area contributed by atoms with Gasteiger partial charge in [0.1, 0.15) is 6.23 Å². The summed E-state index contributed by atoms with van der Waals surface area (Å²) in [5.41, 5.74) is 4.96. The number of alkyl halides is 3. The molecule has 1 aromatic rings. The molecule has 2 nitrogen and oxygen atoms in total. The van der Waals surface area contributed by atoms with E-state index in [4.69, 9.17) is 10.8 Å². The molecule has 0 radical (unpaired) electrons. The number of aliphatic hydroxyl groups excluding tert-OH is 1. The summed E-state index contributed by atoms with van der Waals surface area (Å²) in [6.45, 7) is 0. The number of halogens is 3. The van der Waals surface area contributed by atoms with Gasteiger partial charge in [0.2, 0.25) is 0 Å². The van der Waals surface area contributed by atoms with Crippen molar-refractivity contribution in [2.45, 2.75) is 18.8 Å². The molecule has 78 valence electrons. The SMILES string of the molecule is NC(O)Cc1ccc(C(F)(F)F)cc1. The number of aliphatic hydroxyl groups is 1. The second-order valence-electron chi connectivity index (χ2n) is 2.97. The Kier molecular flexibility index (Phi) is 3.13. The predicted molar refractivity (Wildman–Crippen MR) is 45.3 cm³/mol. The Bertz CT molecular complexity index is 292. The molecule has 1 aromatic carbocycles. The van der Waals surface area contributed by atoms with E-state index < -0.39 is 18.0 Å². The number of rotatable bonds is 2. The minimum Gasteiger partial charge on any atom is -0.378 e. The molecule has 0 bridgehead atoms. The number of nitrogens with two attached hydrogens (primary N) is 1. The van der Waals surface area contributed by atoms with E-state index in [0.29, 0.717) is 5.56 Å². The van der Waals surface area contributed by atoms with Crippen LogP contribution in [0.25, 0.3) is 0 Å². The zero-order valence-electron chi connectivity index (χ0n) is 7.25. The van der Waals surface area contributed by atoms with Crippen LogP contribution in [-0.4, -0.2) is 11.3 Å². The van der Waals surface area contributed by atoms with E-state index >= 15 is 0 Å². The maximum atomic E-state index is 12.1. The van der Waals surface area contributed by atoms with E-state index in [1.807, 2.05) is 0 Å². The van der Waals surface area contributed by atoms with Crippen molar-refractivity contribution in [1.82, 2.24) is 0 Å². The number of hydrogen-bond acceptors (Lipinski definition) is 2. The van der Waals surface area contributed by atoms with Crippen molar-refractivity contribution in [3.05, 3.63) is 35.4 Å². The molecule has 0 heterocycles. The van der Waals surface area contributed by atoms with Crippen LogP contribution in [0.5, 0.6) is 0 Å². The van der Waals surface area contributed by atoms with E-state index in [0.717, 1.165) is 12.1 Å². The quantitative estimate of drug-likeness (QED) is 0.719. The highest BCUT2D eigenvalue weighted by molar-refractivity contribution is 5.24. The maximum Gasteiger partial charge on any atom is 0.416 e. The van der Waals surface area contributed by atoms with Gasteiger partial charge in [-0.15, -0.1) is 0 Å². The van der Waals surface area contributed by atoms with Gasteiger partial charge in [0, 0.05) is 6.42 Å². The van der Waals surface area contributed by atoms with Crippen molar-refractivity contribution in [1.29, 1.82) is 0 Å². The van der Waals surface area contributed by atoms with Gasteiger partial charge in [0.05, 0.1) is 5.56 Å². The van der Waals surface area contributed by atoms with E-state index in [-0.39, 0.29) is 6.42 Å². The maximum absolute atomic E-state index is 12.1. The molecule has 3 N–H and O–H groups in total. The Balaban J connectivity index is 2.79. The first-order valence-corrected chi connectivity index (χ1v) is 3.99. The molecule has 0 aromatic heterocycles. The largest absolute Gasteiger partial charge is 0.416 e. The zero-order chi connectivity index (χ0) is 10.8. The fourth-order valence-corrected chi connectivity index (χ4v) is 1.07. The van der Waals surface area contributed by atoms with Gasteiger partial charge in [-0.25, -0.2) is 0 Å². The van der Waals surface area contributed by atoms with Crippen molar-refractivity contribution >= 4 is 0 Å². The van der Waals surface area contributed by atoms with Gasteiger partial charge in [-0.05, 0) is 17.7 Å². The minimum atomic E-state index is -4.32. The lowest BCUT2D eigenvalue weighted by Crippen LogP contribution is -2.21. The minimum absolute atomic E-state index is 0.151. The first-order chi connectivity index (χ1) is 6.39. The van der Waals surface area contributed by atoms with Crippen molar-refractivity contribution in [3.8, 4) is 0 Å². The molecule has 5 heteroatoms. The second-order valence-corrected chi connectivity index (χ2v) is 2.97. The van der Waals surface area contributed by atoms with E-state index in [2.05, 4.69) is 0 Å². The van der Waals surface area contributed by atoms with Crippen LogP contribution in [0.4, 0.5) is 13.2 Å². The van der Waals surface area contributed by atoms with Crippen LogP contribution < -0.4 is 5.73 Å². The van der Waals surface area contributed by atoms with Crippen molar-refractivity contribution in [2.75, 3.05) is 0 Å². The number of benzene rings is 1. The van der Waals surface area contributed by atoms with Crippen LogP contribution in [0.2, 0.25) is 0 Å². The molecular formula is C9H10F3NO. The normalized spacial score (nSPS) is 14.1. The molecule has 0 aliphatic heterocycles. The van der Waals surface area contributed by atoms with Crippen LogP contribution in [0.15, 0.2) is 24.3 Å². The molecule has 0 aliphatic rings. The van der Waals surface area contributed by atoms with Gasteiger partial charge in [0.15, 0.2) is 0 Å². The Morgan fingerprint density at radius 3 is 2.07 bits per heavy atom. The summed E-state index contributed by atoms with van der Waals surface area (Å²) in [6.07, 6.45) is -5.20. The van der Waals surface area contributed by atoms with Gasteiger partial charge in [0.25, 0.3) is 0 Å². The molecule has 0 saturated carbocycles. The standard InChI is InChI=1S/C9H10F3NO/c10-9(11,12)7-3-1-6(2-4-7)5-8(13)14/h1-4,8,14H,5,13H2. The summed E-state index contributed by atoms with van der Waals surface area (Å²) in [5, 5.41) is 8.79. The molecule has 0 spiro atoms. The van der Waals surface area contributed by atoms with Gasteiger partial charge < -0.3 is 10.8 Å². The Hall–Kier alpha value is -1.07. The van der Waals surface area contributed by atoms with Crippen molar-refractivity contribution in [2.24, 2.45) is 5.73 Å². The smallest absolute Gasteiger partial charge is 0.378 e. The van der Waals surface area contributed by atoms with Crippen LogP contribution in [0.1, 0.15) is 11.1 Å². The molecule has 0 aliphatic carbocycles. The molecule has 1 rings (SSSR count). The van der Waals surface area contributed by atoms with Crippen molar-refractivity contribution < 1.29 is 18.3 Å². The zero-order valence-corrected chi connectivity index (χ0v) is 7.25. The predicted octanol–water partition coefficient (Wildman–Crippen LogP) is 1.53. The fourth-order valence-electron chi connectivity index (χ4n) is 1.07. The average molecular weight is 205 g/mol. The first kappa shape index (κ1) is 11.0. The summed E-state index contributed by atoms with van der Waals surface area (Å²) in [7, 11) is 0. The number of hydrogen-bond donors (Lipinski definition) is 2. The lowest BCUT2D eigenvalue weighted by atomic mass is 10.1. The van der Waals surface area contributed by atoms with Gasteiger partial charge in [-0.3, -0.25) is 0 Å². The third-order valence-corrected chi connectivity index (χ3v) is 1.73. The van der Waals surface area contributed by atoms with Crippen LogP contribution >= 0.6 is 0 Å². The Morgan fingerprint density at radius 2 is 1.71 bits per heavy atom. The third-order valence-electron chi connectivity index (χ3n) is 1.73. The van der Waals surface area contributed by atoms with Crippen LogP contribution in [0, 0.1) is 0 Å². The highest BCUT2D eigenvalue weighted by Crippen LogP contribution is 2.29. The van der Waals surface area contributed by atoms with Crippen LogP contribution in [0.3, 0.4) is 0 Å². The molecule has 0 fully saturated rings. The fraction of sp³-hybridized carbons (Fsp3) is 0.333. The lowest BCUT2D eigenvalue weighted by molar-refractivity contribution is -0.137. The highest BCUT2D eigenvalue weighted by Gasteiger charge is 2.29. The summed E-state index contributed by atoms with van der Waals surface area (Å²) < 4.78 is 36.3. The van der Waals surface area contributed by atoms with E-state index in [1.165, 1.54) is 12.1 Å². The molecule has 1 unspecified atom stereocenters. The second kappa shape index (κ2) is 3.98. The topological polar surface area (TPSA) is 46.2 Å². The lowest BCUT2D eigenvalue weighted by Gasteiger charge is -2.08. The molecule has 1 atom stereocenters. The molecule has 0 saturated heterocycles. The summed E-state index contributed by atoms with van der Waals surface area (Å²) in [5.74, 6) is 0. The van der Waals surface area contributed by atoms with Crippen molar-refractivity contribution in [3.63, 3.8) is 0 Å². The summed E-state index contributed by atoms with van der Waals surface area (Å²) >= 11 is 0. The van der Waals surface area contributed by atoms with E-state index in [9.17, 15) is 13.2 Å². The van der Waals surface area contributed by atoms with E-state index in [1.54, 1.807) is 0 Å². The molecule has 0 amide bonds. The first-order valence-electron chi connectivity index (χ1n) is 3.99. The Morgan fingerprint density at radius 1 is 1.21 bits per heavy atom. The Labute approximate surface area is 79.2 Å². The molecular weight excluding hydrogens is 195 g/mol. The third kappa shape index (κ3) is 3.01. The monoisotopic (exact) mass is 205 g/mol.